The zero-order valence-corrected chi connectivity index (χ0v) is 20.0. The van der Waals surface area contributed by atoms with Crippen LogP contribution in [-0.2, 0) is 16.0 Å². The van der Waals surface area contributed by atoms with Crippen molar-refractivity contribution in [3.63, 3.8) is 0 Å². The molecule has 1 aromatic heterocycles. The number of nitrogens with zero attached hydrogens (tertiary/aromatic N) is 2. The summed E-state index contributed by atoms with van der Waals surface area (Å²) in [4.78, 5) is 27.5. The number of aryl methyl sites for hydroxylation is 1. The highest BCUT2D eigenvalue weighted by Crippen LogP contribution is 2.38. The van der Waals surface area contributed by atoms with Crippen LogP contribution < -0.4 is 10.1 Å². The molecule has 2 amide bonds. The van der Waals surface area contributed by atoms with Crippen LogP contribution in [0.2, 0.25) is 5.02 Å². The maximum Gasteiger partial charge on any atom is 0.573 e. The van der Waals surface area contributed by atoms with Gasteiger partial charge < -0.3 is 19.5 Å². The van der Waals surface area contributed by atoms with E-state index in [1.165, 1.54) is 41.3 Å². The van der Waals surface area contributed by atoms with E-state index in [9.17, 15) is 22.8 Å². The third kappa shape index (κ3) is 6.17. The second-order valence-electron chi connectivity index (χ2n) is 8.44. The number of nitrogens with one attached hydrogen (secondary N) is 1. The molecule has 1 atom stereocenters. The van der Waals surface area contributed by atoms with Crippen molar-refractivity contribution in [2.75, 3.05) is 11.9 Å². The Morgan fingerprint density at radius 3 is 2.64 bits per heavy atom. The number of amides is 2. The van der Waals surface area contributed by atoms with Crippen molar-refractivity contribution in [3.8, 4) is 16.9 Å². The van der Waals surface area contributed by atoms with E-state index < -0.39 is 12.4 Å². The first-order valence-corrected chi connectivity index (χ1v) is 11.7. The van der Waals surface area contributed by atoms with Crippen molar-refractivity contribution in [2.45, 2.75) is 45.0 Å². The Morgan fingerprint density at radius 2 is 1.94 bits per heavy atom. The minimum absolute atomic E-state index is 0.00451. The molecule has 11 heteroatoms. The van der Waals surface area contributed by atoms with E-state index in [0.717, 1.165) is 12.8 Å². The van der Waals surface area contributed by atoms with Gasteiger partial charge in [-0.25, -0.2) is 0 Å². The fourth-order valence-corrected chi connectivity index (χ4v) is 4.47. The summed E-state index contributed by atoms with van der Waals surface area (Å²) in [7, 11) is 0. The molecule has 1 N–H and O–H groups in total. The van der Waals surface area contributed by atoms with Gasteiger partial charge in [-0.15, -0.1) is 13.2 Å². The zero-order chi connectivity index (χ0) is 25.9. The largest absolute Gasteiger partial charge is 0.573 e. The summed E-state index contributed by atoms with van der Waals surface area (Å²) >= 11 is 6.38. The molecule has 1 saturated heterocycles. The number of anilines is 1. The summed E-state index contributed by atoms with van der Waals surface area (Å²) in [6.45, 7) is 2.20. The second-order valence-corrected chi connectivity index (χ2v) is 8.85. The first-order valence-electron chi connectivity index (χ1n) is 11.3. The molecule has 1 aliphatic heterocycles. The van der Waals surface area contributed by atoms with Gasteiger partial charge in [0.25, 0.3) is 0 Å². The number of likely N-dealkylation sites (tertiary alicyclic amines) is 1. The Bertz CT molecular complexity index is 1260. The lowest BCUT2D eigenvalue weighted by atomic mass is 10.00. The van der Waals surface area contributed by atoms with Gasteiger partial charge in [-0.1, -0.05) is 41.0 Å². The maximum atomic E-state index is 13.1. The van der Waals surface area contributed by atoms with Gasteiger partial charge in [0.1, 0.15) is 17.6 Å². The first-order chi connectivity index (χ1) is 17.1. The molecule has 0 bridgehead atoms. The van der Waals surface area contributed by atoms with Crippen molar-refractivity contribution in [1.82, 2.24) is 10.1 Å². The van der Waals surface area contributed by atoms with Crippen LogP contribution in [-0.4, -0.2) is 40.8 Å². The molecule has 2 heterocycles. The molecular formula is C25H23ClF3N3O4. The molecule has 1 unspecified atom stereocenters. The van der Waals surface area contributed by atoms with E-state index in [1.54, 1.807) is 19.1 Å². The number of carbonyl (C=O) groups is 2. The molecule has 0 spiro atoms. The Hall–Kier alpha value is -3.53. The fourth-order valence-electron chi connectivity index (χ4n) is 4.19. The van der Waals surface area contributed by atoms with Crippen molar-refractivity contribution < 1.29 is 32.0 Å². The maximum absolute atomic E-state index is 13.1. The smallest absolute Gasteiger partial charge is 0.405 e. The number of ether oxygens (including phenoxy) is 1. The van der Waals surface area contributed by atoms with Crippen LogP contribution in [0.25, 0.3) is 11.1 Å². The number of rotatable bonds is 6. The zero-order valence-electron chi connectivity index (χ0n) is 19.3. The van der Waals surface area contributed by atoms with Crippen LogP contribution >= 0.6 is 11.6 Å². The van der Waals surface area contributed by atoms with Crippen LogP contribution in [0.15, 0.2) is 53.1 Å². The highest BCUT2D eigenvalue weighted by molar-refractivity contribution is 6.33. The summed E-state index contributed by atoms with van der Waals surface area (Å²) in [6.07, 6.45) is -2.78. The summed E-state index contributed by atoms with van der Waals surface area (Å²) in [6, 6.07) is 11.2. The molecule has 2 aromatic carbocycles. The van der Waals surface area contributed by atoms with Crippen LogP contribution in [0, 0.1) is 6.92 Å². The van der Waals surface area contributed by atoms with Gasteiger partial charge in [-0.2, -0.15) is 0 Å². The fraction of sp³-hybridized carbons (Fsp3) is 0.320. The predicted octanol–water partition coefficient (Wildman–Crippen LogP) is 5.76. The van der Waals surface area contributed by atoms with Crippen LogP contribution in [0.4, 0.5) is 18.9 Å². The Morgan fingerprint density at radius 1 is 1.17 bits per heavy atom. The van der Waals surface area contributed by atoms with Gasteiger partial charge in [0, 0.05) is 29.4 Å². The molecule has 190 valence electrons. The predicted molar refractivity (Wildman–Crippen MR) is 126 cm³/mol. The van der Waals surface area contributed by atoms with Gasteiger partial charge in [-0.3, -0.25) is 9.59 Å². The van der Waals surface area contributed by atoms with E-state index in [4.69, 9.17) is 16.1 Å². The molecule has 0 radical (unpaired) electrons. The number of halogens is 4. The first kappa shape index (κ1) is 25.6. The van der Waals surface area contributed by atoms with E-state index in [0.29, 0.717) is 35.7 Å². The number of piperidine rings is 1. The molecule has 0 aliphatic carbocycles. The lowest BCUT2D eigenvalue weighted by Crippen LogP contribution is -2.50. The minimum atomic E-state index is -4.86. The second kappa shape index (κ2) is 10.6. The van der Waals surface area contributed by atoms with Crippen molar-refractivity contribution in [1.29, 1.82) is 0 Å². The van der Waals surface area contributed by atoms with Crippen LogP contribution in [0.1, 0.15) is 30.7 Å². The van der Waals surface area contributed by atoms with E-state index >= 15 is 0 Å². The number of benzene rings is 2. The molecule has 0 saturated carbocycles. The summed E-state index contributed by atoms with van der Waals surface area (Å²) in [5.41, 5.74) is 1.49. The molecule has 7 nitrogen and oxygen atoms in total. The number of carbonyl (C=O) groups excluding carboxylic acids is 2. The Kier molecular flexibility index (Phi) is 7.53. The minimum Gasteiger partial charge on any atom is -0.405 e. The monoisotopic (exact) mass is 521 g/mol. The van der Waals surface area contributed by atoms with Crippen molar-refractivity contribution >= 4 is 29.1 Å². The van der Waals surface area contributed by atoms with Crippen LogP contribution in [0.5, 0.6) is 5.75 Å². The van der Waals surface area contributed by atoms with Gasteiger partial charge in [0.15, 0.2) is 0 Å². The van der Waals surface area contributed by atoms with E-state index in [2.05, 4.69) is 15.2 Å². The Labute approximate surface area is 210 Å². The number of alkyl halides is 3. The lowest BCUT2D eigenvalue weighted by Gasteiger charge is -2.34. The molecule has 4 rings (SSSR count). The number of aromatic nitrogens is 1. The molecule has 1 aliphatic rings. The molecular weight excluding hydrogens is 499 g/mol. The van der Waals surface area contributed by atoms with E-state index in [1.807, 2.05) is 0 Å². The van der Waals surface area contributed by atoms with Gasteiger partial charge in [0.2, 0.25) is 11.8 Å². The quantitative estimate of drug-likeness (QED) is 0.445. The third-order valence-electron chi connectivity index (χ3n) is 5.77. The van der Waals surface area contributed by atoms with E-state index in [-0.39, 0.29) is 34.6 Å². The lowest BCUT2D eigenvalue weighted by molar-refractivity contribution is -0.274. The van der Waals surface area contributed by atoms with Crippen molar-refractivity contribution in [3.05, 3.63) is 65.0 Å². The highest BCUT2D eigenvalue weighted by atomic mass is 35.5. The summed E-state index contributed by atoms with van der Waals surface area (Å²) in [5.74, 6) is -0.566. The molecule has 36 heavy (non-hydrogen) atoms. The average molecular weight is 522 g/mol. The Balaban J connectivity index is 1.49. The van der Waals surface area contributed by atoms with Gasteiger partial charge in [0.05, 0.1) is 17.1 Å². The average Bonchev–Trinajstić information content (AvgIpc) is 3.23. The normalized spacial score (nSPS) is 16.0. The van der Waals surface area contributed by atoms with Crippen LogP contribution in [0.3, 0.4) is 0 Å². The SMILES string of the molecule is Cc1cc(CC(=O)N2CCCCC2C(=O)Nc2ccc(-c3ccccc3OC(F)(F)F)c(Cl)c2)on1. The summed E-state index contributed by atoms with van der Waals surface area (Å²) < 4.78 is 47.6. The van der Waals surface area contributed by atoms with Gasteiger partial charge in [-0.05, 0) is 44.4 Å². The number of hydrogen-bond acceptors (Lipinski definition) is 5. The number of para-hydroxylation sites is 1. The highest BCUT2D eigenvalue weighted by Gasteiger charge is 2.33. The third-order valence-corrected chi connectivity index (χ3v) is 6.08. The van der Waals surface area contributed by atoms with Gasteiger partial charge >= 0.3 is 6.36 Å². The van der Waals surface area contributed by atoms with Crippen molar-refractivity contribution in [2.24, 2.45) is 0 Å². The molecule has 1 fully saturated rings. The number of hydrogen-bond donors (Lipinski definition) is 1. The molecule has 3 aromatic rings. The standard InChI is InChI=1S/C25H23ClF3N3O4/c1-15-12-17(36-31-15)14-23(33)32-11-5-4-7-21(32)24(34)30-16-9-10-18(20(26)13-16)19-6-2-3-8-22(19)35-25(27,28)29/h2-3,6,8-10,12-13,21H,4-5,7,11,14H2,1H3,(H,30,34). The summed E-state index contributed by atoms with van der Waals surface area (Å²) in [5, 5.41) is 6.68. The topological polar surface area (TPSA) is 84.7 Å².